The molecule has 0 saturated heterocycles. The van der Waals surface area contributed by atoms with Gasteiger partial charge in [0, 0.05) is 24.5 Å². The zero-order valence-corrected chi connectivity index (χ0v) is 20.5. The van der Waals surface area contributed by atoms with E-state index in [-0.39, 0.29) is 34.4 Å². The van der Waals surface area contributed by atoms with E-state index in [1.807, 2.05) is 0 Å². The molecule has 1 N–H and O–H groups in total. The first-order valence-electron chi connectivity index (χ1n) is 10.2. The molecule has 0 aliphatic heterocycles. The van der Waals surface area contributed by atoms with Gasteiger partial charge in [-0.1, -0.05) is 35.3 Å². The zero-order chi connectivity index (χ0) is 24.3. The lowest BCUT2D eigenvalue weighted by atomic mass is 9.68. The Hall–Kier alpha value is -2.48. The average molecular weight is 511 g/mol. The van der Waals surface area contributed by atoms with Crippen LogP contribution in [0.4, 0.5) is 5.69 Å². The summed E-state index contributed by atoms with van der Waals surface area (Å²) < 4.78 is 5.16. The Morgan fingerprint density at radius 2 is 1.79 bits per heavy atom. The minimum Gasteiger partial charge on any atom is -0.464 e. The second-order valence-corrected chi connectivity index (χ2v) is 9.22. The van der Waals surface area contributed by atoms with E-state index in [0.29, 0.717) is 11.4 Å². The minimum absolute atomic E-state index is 0.125. The van der Waals surface area contributed by atoms with Gasteiger partial charge in [-0.25, -0.2) is 4.79 Å². The quantitative estimate of drug-likeness (QED) is 0.427. The van der Waals surface area contributed by atoms with Crippen LogP contribution in [0, 0.1) is 5.41 Å². The molecule has 1 heterocycles. The molecule has 1 fully saturated rings. The first kappa shape index (κ1) is 25.1. The number of benzene rings is 1. The highest BCUT2D eigenvalue weighted by Gasteiger charge is 2.52. The van der Waals surface area contributed by atoms with Crippen LogP contribution in [0.3, 0.4) is 0 Å². The SMILES string of the molecule is CCOC(=O)[C@H](Cc1ccc(NC(=O)c2c(Cl)cncc2Cl)cc1)N=C1C(Cl)C(=O)C1(C)C. The Morgan fingerprint density at radius 1 is 1.18 bits per heavy atom. The van der Waals surface area contributed by atoms with Gasteiger partial charge in [0.25, 0.3) is 5.91 Å². The number of halogens is 3. The Balaban J connectivity index is 1.76. The second-order valence-electron chi connectivity index (χ2n) is 7.97. The Kier molecular flexibility index (Phi) is 7.77. The molecule has 2 atom stereocenters. The van der Waals surface area contributed by atoms with Crippen molar-refractivity contribution in [2.75, 3.05) is 11.9 Å². The van der Waals surface area contributed by atoms with Crippen LogP contribution in [-0.4, -0.2) is 46.4 Å². The molecular weight excluding hydrogens is 489 g/mol. The molecule has 7 nitrogen and oxygen atoms in total. The van der Waals surface area contributed by atoms with E-state index in [2.05, 4.69) is 15.3 Å². The van der Waals surface area contributed by atoms with E-state index in [1.165, 1.54) is 12.4 Å². The van der Waals surface area contributed by atoms with Crippen molar-refractivity contribution < 1.29 is 19.1 Å². The zero-order valence-electron chi connectivity index (χ0n) is 18.2. The fourth-order valence-electron chi connectivity index (χ4n) is 3.39. The van der Waals surface area contributed by atoms with Crippen LogP contribution in [0.25, 0.3) is 0 Å². The van der Waals surface area contributed by atoms with Gasteiger partial charge in [0.15, 0.2) is 11.8 Å². The molecule has 1 aliphatic carbocycles. The van der Waals surface area contributed by atoms with Crippen LogP contribution in [0.5, 0.6) is 0 Å². The topological polar surface area (TPSA) is 97.7 Å². The molecule has 1 unspecified atom stereocenters. The Bertz CT molecular complexity index is 1100. The molecule has 1 aromatic carbocycles. The molecule has 1 aliphatic rings. The molecule has 10 heteroatoms. The predicted molar refractivity (Wildman–Crippen MR) is 129 cm³/mol. The third-order valence-electron chi connectivity index (χ3n) is 5.30. The Labute approximate surface area is 206 Å². The lowest BCUT2D eigenvalue weighted by molar-refractivity contribution is -0.144. The monoisotopic (exact) mass is 509 g/mol. The van der Waals surface area contributed by atoms with E-state index >= 15 is 0 Å². The van der Waals surface area contributed by atoms with Crippen LogP contribution in [-0.2, 0) is 20.7 Å². The molecular formula is C23H22Cl3N3O4. The number of alkyl halides is 1. The van der Waals surface area contributed by atoms with Crippen LogP contribution in [0.15, 0.2) is 41.7 Å². The number of ketones is 1. The maximum absolute atomic E-state index is 12.5. The molecule has 174 valence electrons. The van der Waals surface area contributed by atoms with Gasteiger partial charge < -0.3 is 10.1 Å². The number of nitrogens with one attached hydrogen (secondary N) is 1. The predicted octanol–water partition coefficient (Wildman–Crippen LogP) is 4.77. The number of pyridine rings is 1. The maximum atomic E-state index is 12.5. The number of hydrogen-bond acceptors (Lipinski definition) is 6. The summed E-state index contributed by atoms with van der Waals surface area (Å²) in [6, 6.07) is 6.04. The number of rotatable bonds is 7. The summed E-state index contributed by atoms with van der Waals surface area (Å²) in [5.74, 6) is -1.09. The fraction of sp³-hybridized carbons (Fsp3) is 0.348. The van der Waals surface area contributed by atoms with E-state index in [4.69, 9.17) is 39.5 Å². The third-order valence-corrected chi connectivity index (χ3v) is 6.28. The number of Topliss-reactive ketones (excluding diaryl/α,β-unsaturated/α-hetero) is 1. The summed E-state index contributed by atoms with van der Waals surface area (Å²) in [7, 11) is 0. The number of carbonyl (C=O) groups excluding carboxylic acids is 3. The number of amides is 1. The molecule has 0 radical (unpaired) electrons. The largest absolute Gasteiger partial charge is 0.464 e. The van der Waals surface area contributed by atoms with Gasteiger partial charge in [-0.15, -0.1) is 11.6 Å². The Morgan fingerprint density at radius 3 is 2.33 bits per heavy atom. The smallest absolute Gasteiger partial charge is 0.331 e. The van der Waals surface area contributed by atoms with Crippen LogP contribution < -0.4 is 5.32 Å². The third kappa shape index (κ3) is 5.37. The van der Waals surface area contributed by atoms with Crippen molar-refractivity contribution in [3.63, 3.8) is 0 Å². The minimum atomic E-state index is -0.844. The summed E-state index contributed by atoms with van der Waals surface area (Å²) >= 11 is 18.2. The average Bonchev–Trinajstić information content (AvgIpc) is 2.76. The number of hydrogen-bond donors (Lipinski definition) is 1. The summed E-state index contributed by atoms with van der Waals surface area (Å²) in [5, 5.41) is 2.18. The number of carbonyl (C=O) groups is 3. The number of anilines is 1. The maximum Gasteiger partial charge on any atom is 0.331 e. The van der Waals surface area contributed by atoms with Gasteiger partial charge in [-0.3, -0.25) is 19.6 Å². The highest BCUT2D eigenvalue weighted by molar-refractivity contribution is 6.53. The molecule has 1 aromatic heterocycles. The summed E-state index contributed by atoms with van der Waals surface area (Å²) in [5.41, 5.74) is 1.09. The summed E-state index contributed by atoms with van der Waals surface area (Å²) in [6.07, 6.45) is 2.92. The van der Waals surface area contributed by atoms with Crippen molar-refractivity contribution in [2.45, 2.75) is 38.6 Å². The molecule has 1 saturated carbocycles. The summed E-state index contributed by atoms with van der Waals surface area (Å²) in [6.45, 7) is 5.38. The van der Waals surface area contributed by atoms with Crippen molar-refractivity contribution in [1.82, 2.24) is 4.98 Å². The van der Waals surface area contributed by atoms with Gasteiger partial charge in [0.1, 0.15) is 5.38 Å². The summed E-state index contributed by atoms with van der Waals surface area (Å²) in [4.78, 5) is 45.4. The van der Waals surface area contributed by atoms with Crippen molar-refractivity contribution in [1.29, 1.82) is 0 Å². The van der Waals surface area contributed by atoms with Gasteiger partial charge in [-0.2, -0.15) is 0 Å². The molecule has 2 aromatic rings. The van der Waals surface area contributed by atoms with Gasteiger partial charge in [0.2, 0.25) is 0 Å². The fourth-order valence-corrected chi connectivity index (χ4v) is 4.53. The standard InChI is InChI=1S/C23H22Cl3N3O4/c1-4-33-22(32)16(29-19-18(26)20(30)23(19,2)3)9-12-5-7-13(8-6-12)28-21(31)17-14(24)10-27-11-15(17)25/h5-8,10-11,16,18H,4,9H2,1-3H3,(H,28,31)/t16-,18?/m0/s1. The molecule has 0 bridgehead atoms. The first-order chi connectivity index (χ1) is 15.6. The number of esters is 1. The van der Waals surface area contributed by atoms with Gasteiger partial charge in [-0.05, 0) is 38.5 Å². The van der Waals surface area contributed by atoms with Crippen molar-refractivity contribution in [3.8, 4) is 0 Å². The lowest BCUT2D eigenvalue weighted by Crippen LogP contribution is -2.57. The van der Waals surface area contributed by atoms with E-state index in [1.54, 1.807) is 45.0 Å². The molecule has 3 rings (SSSR count). The highest BCUT2D eigenvalue weighted by atomic mass is 35.5. The van der Waals surface area contributed by atoms with E-state index in [0.717, 1.165) is 5.56 Å². The van der Waals surface area contributed by atoms with Crippen LogP contribution in [0.2, 0.25) is 10.0 Å². The normalized spacial score (nSPS) is 19.0. The van der Waals surface area contributed by atoms with Crippen molar-refractivity contribution in [3.05, 3.63) is 57.8 Å². The molecule has 33 heavy (non-hydrogen) atoms. The van der Waals surface area contributed by atoms with Crippen LogP contribution in [0.1, 0.15) is 36.7 Å². The second kappa shape index (κ2) is 10.2. The molecule has 0 spiro atoms. The van der Waals surface area contributed by atoms with E-state index < -0.39 is 28.7 Å². The lowest BCUT2D eigenvalue weighted by Gasteiger charge is -2.39. The van der Waals surface area contributed by atoms with Crippen molar-refractivity contribution in [2.24, 2.45) is 10.4 Å². The van der Waals surface area contributed by atoms with Gasteiger partial charge >= 0.3 is 5.97 Å². The van der Waals surface area contributed by atoms with Crippen molar-refractivity contribution >= 4 is 63.9 Å². The number of ether oxygens (including phenoxy) is 1. The number of aliphatic imine (C=N–C) groups is 1. The number of aromatic nitrogens is 1. The number of nitrogens with zero attached hydrogens (tertiary/aromatic N) is 2. The van der Waals surface area contributed by atoms with Crippen LogP contribution >= 0.6 is 34.8 Å². The molecule has 1 amide bonds. The highest BCUT2D eigenvalue weighted by Crippen LogP contribution is 2.37. The van der Waals surface area contributed by atoms with E-state index in [9.17, 15) is 14.4 Å². The first-order valence-corrected chi connectivity index (χ1v) is 11.4. The van der Waals surface area contributed by atoms with Gasteiger partial charge in [0.05, 0.1) is 33.3 Å².